The molecule has 3 aromatic rings. The van der Waals surface area contributed by atoms with Crippen LogP contribution in [-0.2, 0) is 9.84 Å². The summed E-state index contributed by atoms with van der Waals surface area (Å²) in [5.41, 5.74) is -0.521. The van der Waals surface area contributed by atoms with E-state index in [9.17, 15) is 22.0 Å². The predicted molar refractivity (Wildman–Crippen MR) is 106 cm³/mol. The van der Waals surface area contributed by atoms with Crippen LogP contribution in [0.2, 0.25) is 0 Å². The summed E-state index contributed by atoms with van der Waals surface area (Å²) in [7, 11) is -2.23. The molecule has 3 aromatic heterocycles. The summed E-state index contributed by atoms with van der Waals surface area (Å²) in [4.78, 5) is 16.1. The van der Waals surface area contributed by atoms with Gasteiger partial charge in [-0.25, -0.2) is 22.2 Å². The van der Waals surface area contributed by atoms with Gasteiger partial charge in [-0.1, -0.05) is 0 Å². The minimum Gasteiger partial charge on any atom is -0.354 e. The van der Waals surface area contributed by atoms with E-state index in [1.54, 1.807) is 0 Å². The highest BCUT2D eigenvalue weighted by atomic mass is 32.2. The van der Waals surface area contributed by atoms with Crippen molar-refractivity contribution in [3.63, 3.8) is 0 Å². The molecule has 3 N–H and O–H groups in total. The number of hydrogen-bond acceptors (Lipinski definition) is 10. The lowest BCUT2D eigenvalue weighted by molar-refractivity contribution is 0.0958. The zero-order chi connectivity index (χ0) is 22.6. The Balaban J connectivity index is 1.98. The Labute approximate surface area is 175 Å². The number of carbonyl (C=O) groups is 1. The quantitative estimate of drug-likeness (QED) is 0.486. The van der Waals surface area contributed by atoms with Crippen molar-refractivity contribution in [3.8, 4) is 0 Å². The first kappa shape index (κ1) is 21.9. The molecule has 162 valence electrons. The molecule has 0 aliphatic heterocycles. The molecule has 1 amide bonds. The van der Waals surface area contributed by atoms with Crippen molar-refractivity contribution in [1.29, 1.82) is 0 Å². The molecular weight excluding hydrogens is 434 g/mol. The van der Waals surface area contributed by atoms with Gasteiger partial charge in [-0.3, -0.25) is 4.79 Å². The van der Waals surface area contributed by atoms with E-state index in [0.717, 1.165) is 12.3 Å². The first-order valence-electron chi connectivity index (χ1n) is 8.59. The second-order valence-corrected chi connectivity index (χ2v) is 8.07. The molecule has 0 bridgehead atoms. The molecule has 0 spiro atoms. The lowest BCUT2D eigenvalue weighted by atomic mass is 10.3. The zero-order valence-corrected chi connectivity index (χ0v) is 17.0. The molecule has 11 nitrogen and oxygen atoms in total. The van der Waals surface area contributed by atoms with Gasteiger partial charge in [-0.05, 0) is 24.3 Å². The fraction of sp³-hybridized carbons (Fsp3) is 0.176. The van der Waals surface area contributed by atoms with Gasteiger partial charge in [0.1, 0.15) is 16.4 Å². The number of hydrogen-bond donors (Lipinski definition) is 3. The van der Waals surface area contributed by atoms with Crippen molar-refractivity contribution in [3.05, 3.63) is 47.9 Å². The van der Waals surface area contributed by atoms with Crippen LogP contribution in [0.15, 0.2) is 41.4 Å². The lowest BCUT2D eigenvalue weighted by Gasteiger charge is -2.13. The number of pyridine rings is 1. The summed E-state index contributed by atoms with van der Waals surface area (Å²) in [6, 6.07) is 6.55. The third-order valence-electron chi connectivity index (χ3n) is 3.82. The van der Waals surface area contributed by atoms with Crippen molar-refractivity contribution < 1.29 is 22.0 Å². The topological polar surface area (TPSA) is 152 Å². The van der Waals surface area contributed by atoms with E-state index in [2.05, 4.69) is 41.3 Å². The van der Waals surface area contributed by atoms with E-state index in [1.165, 1.54) is 37.5 Å². The molecule has 0 unspecified atom stereocenters. The molecule has 0 aliphatic carbocycles. The fourth-order valence-corrected chi connectivity index (χ4v) is 3.18. The number of carbonyl (C=O) groups excluding carboxylic acids is 1. The molecule has 31 heavy (non-hydrogen) atoms. The first-order chi connectivity index (χ1) is 14.7. The molecule has 0 atom stereocenters. The van der Waals surface area contributed by atoms with Crippen molar-refractivity contribution in [1.82, 2.24) is 30.7 Å². The Morgan fingerprint density at radius 3 is 2.39 bits per heavy atom. The Bertz CT molecular complexity index is 1210. The molecular formula is C17H16F2N8O3S. The summed E-state index contributed by atoms with van der Waals surface area (Å²) in [6.07, 6.45) is -0.356. The van der Waals surface area contributed by atoms with Gasteiger partial charge in [-0.15, -0.1) is 20.4 Å². The minimum absolute atomic E-state index is 0.0184. The van der Waals surface area contributed by atoms with E-state index in [-0.39, 0.29) is 33.7 Å². The number of rotatable bonds is 7. The molecule has 3 heterocycles. The number of alkyl halides is 2. The normalized spacial score (nSPS) is 11.3. The van der Waals surface area contributed by atoms with Crippen LogP contribution in [0, 0.1) is 0 Å². The maximum atomic E-state index is 12.6. The molecule has 0 fully saturated rings. The first-order valence-corrected chi connectivity index (χ1v) is 10.5. The average molecular weight is 450 g/mol. The number of nitrogens with one attached hydrogen (secondary N) is 3. The highest BCUT2D eigenvalue weighted by Gasteiger charge is 2.19. The van der Waals surface area contributed by atoms with E-state index in [4.69, 9.17) is 0 Å². The second kappa shape index (κ2) is 8.91. The van der Waals surface area contributed by atoms with E-state index in [1.807, 2.05) is 0 Å². The van der Waals surface area contributed by atoms with Crippen LogP contribution in [0.1, 0.15) is 22.6 Å². The van der Waals surface area contributed by atoms with Crippen molar-refractivity contribution >= 4 is 38.9 Å². The number of amides is 1. The predicted octanol–water partition coefficient (Wildman–Crippen LogP) is 1.85. The molecule has 0 saturated carbocycles. The second-order valence-electron chi connectivity index (χ2n) is 6.09. The molecule has 14 heteroatoms. The Hall–Kier alpha value is -3.81. The summed E-state index contributed by atoms with van der Waals surface area (Å²) < 4.78 is 49.3. The van der Waals surface area contributed by atoms with Crippen molar-refractivity contribution in [2.45, 2.75) is 11.3 Å². The number of aromatic nitrogens is 5. The van der Waals surface area contributed by atoms with Gasteiger partial charge >= 0.3 is 0 Å². The van der Waals surface area contributed by atoms with E-state index < -0.39 is 27.9 Å². The van der Waals surface area contributed by atoms with Crippen LogP contribution in [0.3, 0.4) is 0 Å². The van der Waals surface area contributed by atoms with Gasteiger partial charge in [0.15, 0.2) is 27.2 Å². The van der Waals surface area contributed by atoms with Crippen molar-refractivity contribution in [2.75, 3.05) is 23.9 Å². The SMILES string of the molecule is CNC(=O)c1nnc(Nc2ccc(C(F)F)nn2)cc1Nc1ncccc1S(C)(=O)=O. The standard InChI is InChI=1S/C17H16F2N8O3S/c1-20-17(28)14-10(22-16-11(31(2,29)30)4-3-7-21-16)8-13(26-27-14)23-12-6-5-9(15(18)19)24-25-12/h3-8,15H,1-2H3,(H,20,28)(H2,21,22,23,25,26). The number of sulfone groups is 1. The number of halogens is 2. The average Bonchev–Trinajstić information content (AvgIpc) is 2.73. The minimum atomic E-state index is -3.62. The lowest BCUT2D eigenvalue weighted by Crippen LogP contribution is -2.22. The van der Waals surface area contributed by atoms with Gasteiger partial charge < -0.3 is 16.0 Å². The summed E-state index contributed by atoms with van der Waals surface area (Å²) in [5, 5.41) is 22.6. The van der Waals surface area contributed by atoms with Crippen LogP contribution >= 0.6 is 0 Å². The van der Waals surface area contributed by atoms with Gasteiger partial charge in [0.25, 0.3) is 12.3 Å². The Morgan fingerprint density at radius 1 is 1.03 bits per heavy atom. The summed E-state index contributed by atoms with van der Waals surface area (Å²) >= 11 is 0. The monoisotopic (exact) mass is 450 g/mol. The van der Waals surface area contributed by atoms with Crippen LogP contribution in [-0.4, -0.2) is 53.0 Å². The van der Waals surface area contributed by atoms with Crippen LogP contribution in [0.25, 0.3) is 0 Å². The zero-order valence-electron chi connectivity index (χ0n) is 16.2. The van der Waals surface area contributed by atoms with Crippen LogP contribution in [0.5, 0.6) is 0 Å². The van der Waals surface area contributed by atoms with Gasteiger partial charge in [0, 0.05) is 25.6 Å². The molecule has 0 aromatic carbocycles. The van der Waals surface area contributed by atoms with Crippen LogP contribution in [0.4, 0.5) is 31.9 Å². The smallest absolute Gasteiger partial charge is 0.282 e. The van der Waals surface area contributed by atoms with Crippen molar-refractivity contribution in [2.24, 2.45) is 0 Å². The number of anilines is 4. The highest BCUT2D eigenvalue weighted by Crippen LogP contribution is 2.26. The van der Waals surface area contributed by atoms with E-state index >= 15 is 0 Å². The van der Waals surface area contributed by atoms with E-state index in [0.29, 0.717) is 0 Å². The third kappa shape index (κ3) is 5.22. The molecule has 0 saturated heterocycles. The van der Waals surface area contributed by atoms with Gasteiger partial charge in [0.2, 0.25) is 0 Å². The largest absolute Gasteiger partial charge is 0.354 e. The fourth-order valence-electron chi connectivity index (χ4n) is 2.40. The Morgan fingerprint density at radius 2 is 1.77 bits per heavy atom. The van der Waals surface area contributed by atoms with Gasteiger partial charge in [-0.2, -0.15) is 0 Å². The van der Waals surface area contributed by atoms with Gasteiger partial charge in [0.05, 0.1) is 5.69 Å². The molecule has 3 rings (SSSR count). The highest BCUT2D eigenvalue weighted by molar-refractivity contribution is 7.90. The maximum absolute atomic E-state index is 12.6. The van der Waals surface area contributed by atoms with Crippen LogP contribution < -0.4 is 16.0 Å². The maximum Gasteiger partial charge on any atom is 0.282 e. The Kier molecular flexibility index (Phi) is 6.29. The summed E-state index contributed by atoms with van der Waals surface area (Å²) in [6.45, 7) is 0. The molecule has 0 aliphatic rings. The molecule has 0 radical (unpaired) electrons. The summed E-state index contributed by atoms with van der Waals surface area (Å²) in [5.74, 6) is -0.410. The third-order valence-corrected chi connectivity index (χ3v) is 4.95. The number of nitrogens with zero attached hydrogens (tertiary/aromatic N) is 5.